The number of aliphatic hydroxyl groups is 1. The summed E-state index contributed by atoms with van der Waals surface area (Å²) in [7, 11) is 0. The number of nitrogens with zero attached hydrogens (tertiary/aromatic N) is 2. The second-order valence-corrected chi connectivity index (χ2v) is 3.56. The summed E-state index contributed by atoms with van der Waals surface area (Å²) >= 11 is 0. The average molecular weight is 158 g/mol. The Morgan fingerprint density at radius 3 is 2.64 bits per heavy atom. The molecule has 0 aliphatic carbocycles. The van der Waals surface area contributed by atoms with Gasteiger partial charge in [-0.15, -0.1) is 4.91 Å². The summed E-state index contributed by atoms with van der Waals surface area (Å²) in [6, 6.07) is -0.0972. The van der Waals surface area contributed by atoms with E-state index >= 15 is 0 Å². The molecule has 0 bridgehead atoms. The van der Waals surface area contributed by atoms with Gasteiger partial charge < -0.3 is 5.11 Å². The fraction of sp³-hybridized carbons (Fsp3) is 1.00. The van der Waals surface area contributed by atoms with Crippen LogP contribution in [0.3, 0.4) is 0 Å². The first-order chi connectivity index (χ1) is 5.05. The van der Waals surface area contributed by atoms with E-state index in [-0.39, 0.29) is 6.04 Å². The second-order valence-electron chi connectivity index (χ2n) is 3.56. The van der Waals surface area contributed by atoms with Crippen LogP contribution in [0.2, 0.25) is 0 Å². The number of nitroso groups, excluding NO2 is 1. The zero-order valence-corrected chi connectivity index (χ0v) is 6.95. The minimum atomic E-state index is -0.815. The molecule has 1 atom stereocenters. The molecule has 0 aromatic heterocycles. The SMILES string of the molecule is CC(C)(O)[C@@H]1CCCN1N=O. The average Bonchev–Trinajstić information content (AvgIpc) is 2.31. The van der Waals surface area contributed by atoms with Crippen molar-refractivity contribution in [3.8, 4) is 0 Å². The fourth-order valence-electron chi connectivity index (χ4n) is 1.57. The van der Waals surface area contributed by atoms with E-state index in [0.717, 1.165) is 12.8 Å². The normalized spacial score (nSPS) is 25.7. The van der Waals surface area contributed by atoms with Gasteiger partial charge in [-0.05, 0) is 26.7 Å². The van der Waals surface area contributed by atoms with Gasteiger partial charge in [-0.3, -0.25) is 5.01 Å². The van der Waals surface area contributed by atoms with Gasteiger partial charge in [-0.25, -0.2) is 0 Å². The molecule has 0 aromatic carbocycles. The third kappa shape index (κ3) is 1.68. The Morgan fingerprint density at radius 2 is 2.27 bits per heavy atom. The zero-order valence-electron chi connectivity index (χ0n) is 6.95. The van der Waals surface area contributed by atoms with Crippen molar-refractivity contribution in [2.24, 2.45) is 5.29 Å². The highest BCUT2D eigenvalue weighted by molar-refractivity contribution is 4.88. The molecule has 0 aromatic rings. The molecule has 0 saturated carbocycles. The molecule has 1 fully saturated rings. The Labute approximate surface area is 66.1 Å². The highest BCUT2D eigenvalue weighted by atomic mass is 16.3. The van der Waals surface area contributed by atoms with Crippen molar-refractivity contribution >= 4 is 0 Å². The van der Waals surface area contributed by atoms with Gasteiger partial charge in [0, 0.05) is 6.54 Å². The van der Waals surface area contributed by atoms with Crippen molar-refractivity contribution in [3.63, 3.8) is 0 Å². The first-order valence-electron chi connectivity index (χ1n) is 3.88. The highest BCUT2D eigenvalue weighted by Crippen LogP contribution is 2.26. The number of hydrogen-bond acceptors (Lipinski definition) is 3. The van der Waals surface area contributed by atoms with Crippen molar-refractivity contribution in [2.45, 2.75) is 38.3 Å². The van der Waals surface area contributed by atoms with Gasteiger partial charge in [0.1, 0.15) is 0 Å². The van der Waals surface area contributed by atoms with Crippen LogP contribution in [0.4, 0.5) is 0 Å². The molecule has 1 saturated heterocycles. The van der Waals surface area contributed by atoms with E-state index in [2.05, 4.69) is 5.29 Å². The molecule has 1 N–H and O–H groups in total. The molecular weight excluding hydrogens is 144 g/mol. The predicted octanol–water partition coefficient (Wildman–Crippen LogP) is 0.903. The lowest BCUT2D eigenvalue weighted by molar-refractivity contribution is -0.00220. The monoisotopic (exact) mass is 158 g/mol. The number of hydrogen-bond donors (Lipinski definition) is 1. The predicted molar refractivity (Wildman–Crippen MR) is 41.8 cm³/mol. The molecule has 0 radical (unpaired) electrons. The summed E-state index contributed by atoms with van der Waals surface area (Å²) in [6.07, 6.45) is 1.80. The van der Waals surface area contributed by atoms with Crippen molar-refractivity contribution in [1.82, 2.24) is 5.01 Å². The largest absolute Gasteiger partial charge is 0.388 e. The topological polar surface area (TPSA) is 52.9 Å². The Hall–Kier alpha value is -0.640. The van der Waals surface area contributed by atoms with Gasteiger partial charge in [0.05, 0.1) is 16.9 Å². The molecule has 1 aliphatic rings. The Kier molecular flexibility index (Phi) is 2.13. The Balaban J connectivity index is 2.63. The molecule has 1 rings (SSSR count). The maximum Gasteiger partial charge on any atom is 0.0811 e. The van der Waals surface area contributed by atoms with E-state index in [1.165, 1.54) is 5.01 Å². The third-order valence-electron chi connectivity index (χ3n) is 2.14. The van der Waals surface area contributed by atoms with E-state index < -0.39 is 5.60 Å². The van der Waals surface area contributed by atoms with Gasteiger partial charge in [0.15, 0.2) is 0 Å². The van der Waals surface area contributed by atoms with Gasteiger partial charge in [0.2, 0.25) is 0 Å². The first-order valence-corrected chi connectivity index (χ1v) is 3.88. The van der Waals surface area contributed by atoms with Gasteiger partial charge in [-0.1, -0.05) is 0 Å². The molecule has 11 heavy (non-hydrogen) atoms. The van der Waals surface area contributed by atoms with Crippen molar-refractivity contribution < 1.29 is 5.11 Å². The van der Waals surface area contributed by atoms with E-state index in [1.807, 2.05) is 0 Å². The summed E-state index contributed by atoms with van der Waals surface area (Å²) in [5.74, 6) is 0. The Bertz CT molecular complexity index is 153. The molecule has 4 heteroatoms. The lowest BCUT2D eigenvalue weighted by atomic mass is 9.97. The van der Waals surface area contributed by atoms with Crippen LogP contribution in [0.5, 0.6) is 0 Å². The van der Waals surface area contributed by atoms with Crippen LogP contribution in [0, 0.1) is 4.91 Å². The summed E-state index contributed by atoms with van der Waals surface area (Å²) in [4.78, 5) is 10.2. The van der Waals surface area contributed by atoms with Crippen LogP contribution in [-0.2, 0) is 0 Å². The third-order valence-corrected chi connectivity index (χ3v) is 2.14. The van der Waals surface area contributed by atoms with Crippen LogP contribution in [0.15, 0.2) is 5.29 Å². The molecule has 1 aliphatic heterocycles. The molecule has 0 amide bonds. The van der Waals surface area contributed by atoms with Gasteiger partial charge in [-0.2, -0.15) is 0 Å². The maximum atomic E-state index is 10.2. The lowest BCUT2D eigenvalue weighted by Crippen LogP contribution is -2.42. The summed E-state index contributed by atoms with van der Waals surface area (Å²) in [5, 5.41) is 13.9. The van der Waals surface area contributed by atoms with E-state index in [4.69, 9.17) is 0 Å². The Morgan fingerprint density at radius 1 is 1.64 bits per heavy atom. The molecule has 0 spiro atoms. The molecule has 1 heterocycles. The van der Waals surface area contributed by atoms with E-state index in [0.29, 0.717) is 6.54 Å². The standard InChI is InChI=1S/C7H14N2O2/c1-7(2,10)6-4-3-5-9(6)8-11/h6,10H,3-5H2,1-2H3/t6-/m0/s1. The smallest absolute Gasteiger partial charge is 0.0811 e. The first kappa shape index (κ1) is 8.46. The minimum Gasteiger partial charge on any atom is -0.388 e. The minimum absolute atomic E-state index is 0.0972. The van der Waals surface area contributed by atoms with Crippen LogP contribution >= 0.6 is 0 Å². The second kappa shape index (κ2) is 2.77. The van der Waals surface area contributed by atoms with Crippen LogP contribution < -0.4 is 0 Å². The summed E-state index contributed by atoms with van der Waals surface area (Å²) in [6.45, 7) is 4.10. The van der Waals surface area contributed by atoms with Crippen LogP contribution in [0.25, 0.3) is 0 Å². The number of rotatable bonds is 2. The van der Waals surface area contributed by atoms with E-state index in [9.17, 15) is 10.0 Å². The molecule has 0 unspecified atom stereocenters. The van der Waals surface area contributed by atoms with E-state index in [1.54, 1.807) is 13.8 Å². The molecule has 4 nitrogen and oxygen atoms in total. The summed E-state index contributed by atoms with van der Waals surface area (Å²) < 4.78 is 0. The van der Waals surface area contributed by atoms with Crippen LogP contribution in [-0.4, -0.2) is 28.3 Å². The van der Waals surface area contributed by atoms with Crippen molar-refractivity contribution in [2.75, 3.05) is 6.54 Å². The zero-order chi connectivity index (χ0) is 8.48. The maximum absolute atomic E-state index is 10.2. The lowest BCUT2D eigenvalue weighted by Gasteiger charge is -2.29. The van der Waals surface area contributed by atoms with Crippen LogP contribution in [0.1, 0.15) is 26.7 Å². The summed E-state index contributed by atoms with van der Waals surface area (Å²) in [5.41, 5.74) is -0.815. The van der Waals surface area contributed by atoms with Crippen molar-refractivity contribution in [3.05, 3.63) is 4.91 Å². The van der Waals surface area contributed by atoms with Crippen molar-refractivity contribution in [1.29, 1.82) is 0 Å². The molecular formula is C7H14N2O2. The quantitative estimate of drug-likeness (QED) is 0.607. The molecule has 64 valence electrons. The highest BCUT2D eigenvalue weighted by Gasteiger charge is 2.36. The van der Waals surface area contributed by atoms with Gasteiger partial charge >= 0.3 is 0 Å². The fourth-order valence-corrected chi connectivity index (χ4v) is 1.57. The van der Waals surface area contributed by atoms with Gasteiger partial charge in [0.25, 0.3) is 0 Å².